The zero-order valence-electron chi connectivity index (χ0n) is 12.2. The third kappa shape index (κ3) is 4.86. The molecule has 1 rings (SSSR count). The summed E-state index contributed by atoms with van der Waals surface area (Å²) in [4.78, 5) is 11.8. The molecule has 1 aromatic rings. The minimum atomic E-state index is -0.799. The molecule has 0 aromatic heterocycles. The van der Waals surface area contributed by atoms with Crippen LogP contribution in [-0.4, -0.2) is 30.9 Å². The van der Waals surface area contributed by atoms with Gasteiger partial charge in [-0.1, -0.05) is 13.8 Å². The van der Waals surface area contributed by atoms with Gasteiger partial charge in [-0.3, -0.25) is 0 Å². The smallest absolute Gasteiger partial charge is 0.319 e. The van der Waals surface area contributed by atoms with E-state index in [0.717, 1.165) is 12.1 Å². The fraction of sp³-hybridized carbons (Fsp3) is 0.500. The monoisotopic (exact) mass is 302 g/mol. The Morgan fingerprint density at radius 2 is 2.00 bits per heavy atom. The van der Waals surface area contributed by atoms with E-state index >= 15 is 0 Å². The lowest BCUT2D eigenvalue weighted by atomic mass is 10.0. The Kier molecular flexibility index (Phi) is 6.36. The Morgan fingerprint density at radius 1 is 1.33 bits per heavy atom. The number of ether oxygens (including phenoxy) is 1. The number of hydrogen-bond acceptors (Lipinski definition) is 3. The maximum absolute atomic E-state index is 13.7. The van der Waals surface area contributed by atoms with Gasteiger partial charge in [0.25, 0.3) is 0 Å². The summed E-state index contributed by atoms with van der Waals surface area (Å²) in [6.07, 6.45) is 0.380. The first kappa shape index (κ1) is 17.2. The first-order valence-corrected chi connectivity index (χ1v) is 6.60. The molecule has 1 aromatic carbocycles. The van der Waals surface area contributed by atoms with Crippen molar-refractivity contribution in [2.24, 2.45) is 5.92 Å². The third-order valence-corrected chi connectivity index (χ3v) is 3.05. The number of benzene rings is 1. The molecule has 118 valence electrons. The Morgan fingerprint density at radius 3 is 2.52 bits per heavy atom. The maximum atomic E-state index is 13.7. The van der Waals surface area contributed by atoms with Crippen LogP contribution in [0.5, 0.6) is 5.75 Å². The predicted molar refractivity (Wildman–Crippen MR) is 75.4 cm³/mol. The van der Waals surface area contributed by atoms with E-state index in [1.54, 1.807) is 0 Å². The number of methoxy groups -OCH3 is 1. The molecule has 0 bridgehead atoms. The molecule has 0 radical (unpaired) electrons. The highest BCUT2D eigenvalue weighted by molar-refractivity contribution is 5.89. The molecule has 0 saturated heterocycles. The average Bonchev–Trinajstić information content (AvgIpc) is 2.41. The maximum Gasteiger partial charge on any atom is 0.319 e. The minimum Gasteiger partial charge on any atom is -0.494 e. The van der Waals surface area contributed by atoms with Crippen LogP contribution in [0, 0.1) is 17.6 Å². The molecule has 0 heterocycles. The summed E-state index contributed by atoms with van der Waals surface area (Å²) in [7, 11) is 1.22. The molecular formula is C14H20F2N2O3. The van der Waals surface area contributed by atoms with Crippen LogP contribution in [0.15, 0.2) is 12.1 Å². The van der Waals surface area contributed by atoms with Crippen molar-refractivity contribution in [1.29, 1.82) is 0 Å². The van der Waals surface area contributed by atoms with E-state index in [0.29, 0.717) is 6.42 Å². The highest BCUT2D eigenvalue weighted by Crippen LogP contribution is 2.24. The van der Waals surface area contributed by atoms with Gasteiger partial charge in [0.2, 0.25) is 0 Å². The summed E-state index contributed by atoms with van der Waals surface area (Å²) >= 11 is 0. The minimum absolute atomic E-state index is 0.0748. The second-order valence-electron chi connectivity index (χ2n) is 4.93. The summed E-state index contributed by atoms with van der Waals surface area (Å²) in [6.45, 7) is 3.69. The van der Waals surface area contributed by atoms with Gasteiger partial charge in [-0.2, -0.15) is 0 Å². The van der Waals surface area contributed by atoms with Gasteiger partial charge in [-0.05, 0) is 12.3 Å². The van der Waals surface area contributed by atoms with Crippen molar-refractivity contribution in [3.63, 3.8) is 0 Å². The molecular weight excluding hydrogens is 282 g/mol. The second kappa shape index (κ2) is 7.78. The van der Waals surface area contributed by atoms with Gasteiger partial charge in [0, 0.05) is 24.8 Å². The van der Waals surface area contributed by atoms with Gasteiger partial charge < -0.3 is 20.5 Å². The third-order valence-electron chi connectivity index (χ3n) is 3.05. The number of amides is 2. The van der Waals surface area contributed by atoms with Gasteiger partial charge in [0.05, 0.1) is 12.8 Å². The van der Waals surface area contributed by atoms with Gasteiger partial charge >= 0.3 is 6.03 Å². The van der Waals surface area contributed by atoms with Crippen molar-refractivity contribution < 1.29 is 23.4 Å². The Bertz CT molecular complexity index is 495. The van der Waals surface area contributed by atoms with Crippen molar-refractivity contribution in [2.45, 2.75) is 26.3 Å². The van der Waals surface area contributed by atoms with Crippen LogP contribution in [0.1, 0.15) is 20.3 Å². The highest BCUT2D eigenvalue weighted by atomic mass is 19.1. The predicted octanol–water partition coefficient (Wildman–Crippen LogP) is 2.50. The zero-order chi connectivity index (χ0) is 16.0. The quantitative estimate of drug-likeness (QED) is 0.756. The summed E-state index contributed by atoms with van der Waals surface area (Å²) in [6, 6.07) is 0.787. The van der Waals surface area contributed by atoms with Gasteiger partial charge in [0.15, 0.2) is 17.4 Å². The van der Waals surface area contributed by atoms with Crippen LogP contribution >= 0.6 is 0 Å². The number of carbonyl (C=O) groups excluding carboxylic acids is 1. The molecule has 0 aliphatic carbocycles. The molecule has 0 spiro atoms. The lowest BCUT2D eigenvalue weighted by Gasteiger charge is -2.21. The van der Waals surface area contributed by atoms with E-state index in [4.69, 9.17) is 5.11 Å². The summed E-state index contributed by atoms with van der Waals surface area (Å²) < 4.78 is 31.8. The summed E-state index contributed by atoms with van der Waals surface area (Å²) in [5.74, 6) is -1.71. The van der Waals surface area contributed by atoms with E-state index in [1.807, 2.05) is 13.8 Å². The summed E-state index contributed by atoms with van der Waals surface area (Å²) in [5.41, 5.74) is -0.280. The fourth-order valence-corrected chi connectivity index (χ4v) is 1.82. The van der Waals surface area contributed by atoms with Crippen molar-refractivity contribution in [3.8, 4) is 5.75 Å². The van der Waals surface area contributed by atoms with Crippen molar-refractivity contribution >= 4 is 11.7 Å². The molecule has 0 aliphatic rings. The lowest BCUT2D eigenvalue weighted by Crippen LogP contribution is -2.41. The molecule has 1 unspecified atom stereocenters. The van der Waals surface area contributed by atoms with Crippen molar-refractivity contribution in [3.05, 3.63) is 23.8 Å². The van der Waals surface area contributed by atoms with E-state index < -0.39 is 17.7 Å². The number of aliphatic hydroxyl groups excluding tert-OH is 1. The first-order valence-electron chi connectivity index (χ1n) is 6.60. The van der Waals surface area contributed by atoms with E-state index in [9.17, 15) is 13.6 Å². The largest absolute Gasteiger partial charge is 0.494 e. The topological polar surface area (TPSA) is 70.6 Å². The van der Waals surface area contributed by atoms with Crippen molar-refractivity contribution in [1.82, 2.24) is 5.32 Å². The van der Waals surface area contributed by atoms with Crippen LogP contribution in [0.2, 0.25) is 0 Å². The molecule has 2 amide bonds. The van der Waals surface area contributed by atoms with Gasteiger partial charge in [-0.15, -0.1) is 0 Å². The van der Waals surface area contributed by atoms with Crippen LogP contribution < -0.4 is 15.4 Å². The SMILES string of the molecule is COc1cc(F)c(NC(=O)NC(CCO)C(C)C)cc1F. The first-order chi connectivity index (χ1) is 9.88. The molecule has 0 saturated carbocycles. The number of halogens is 2. The van der Waals surface area contributed by atoms with Crippen molar-refractivity contribution in [2.75, 3.05) is 19.0 Å². The zero-order valence-corrected chi connectivity index (χ0v) is 12.2. The number of urea groups is 1. The molecule has 7 heteroatoms. The number of carbonyl (C=O) groups is 1. The Labute approximate surface area is 122 Å². The summed E-state index contributed by atoms with van der Waals surface area (Å²) in [5, 5.41) is 13.8. The molecule has 1 atom stereocenters. The highest BCUT2D eigenvalue weighted by Gasteiger charge is 2.17. The number of anilines is 1. The number of hydrogen-bond donors (Lipinski definition) is 3. The second-order valence-corrected chi connectivity index (χ2v) is 4.93. The lowest BCUT2D eigenvalue weighted by molar-refractivity contribution is 0.227. The van der Waals surface area contributed by atoms with E-state index in [1.165, 1.54) is 7.11 Å². The van der Waals surface area contributed by atoms with E-state index in [2.05, 4.69) is 15.4 Å². The molecule has 0 aliphatic heterocycles. The van der Waals surface area contributed by atoms with Gasteiger partial charge in [0.1, 0.15) is 0 Å². The Balaban J connectivity index is 2.76. The molecule has 5 nitrogen and oxygen atoms in total. The van der Waals surface area contributed by atoms with E-state index in [-0.39, 0.29) is 30.0 Å². The molecule has 0 fully saturated rings. The average molecular weight is 302 g/mol. The Hall–Kier alpha value is -1.89. The molecule has 21 heavy (non-hydrogen) atoms. The standard InChI is InChI=1S/C14H20F2N2O3/c1-8(2)11(4-5-19)17-14(20)18-12-6-10(16)13(21-3)7-9(12)15/h6-8,11,19H,4-5H2,1-3H3,(H2,17,18,20). The molecule has 3 N–H and O–H groups in total. The van der Waals surface area contributed by atoms with Crippen LogP contribution in [0.25, 0.3) is 0 Å². The fourth-order valence-electron chi connectivity index (χ4n) is 1.82. The van der Waals surface area contributed by atoms with Gasteiger partial charge in [-0.25, -0.2) is 13.6 Å². The normalized spacial score (nSPS) is 12.1. The number of aliphatic hydroxyl groups is 1. The van der Waals surface area contributed by atoms with Crippen LogP contribution in [0.4, 0.5) is 19.3 Å². The number of nitrogens with one attached hydrogen (secondary N) is 2. The van der Waals surface area contributed by atoms with Crippen LogP contribution in [-0.2, 0) is 0 Å². The number of rotatable bonds is 6. The van der Waals surface area contributed by atoms with Crippen LogP contribution in [0.3, 0.4) is 0 Å².